The highest BCUT2D eigenvalue weighted by Crippen LogP contribution is 2.19. The first-order valence-electron chi connectivity index (χ1n) is 6.07. The Bertz CT molecular complexity index is 509. The van der Waals surface area contributed by atoms with Gasteiger partial charge >= 0.3 is 0 Å². The minimum Gasteiger partial charge on any atom is -0.392 e. The molecule has 7 nitrogen and oxygen atoms in total. The monoisotopic (exact) mass is 250 g/mol. The van der Waals surface area contributed by atoms with E-state index in [-0.39, 0.29) is 0 Å². The molecule has 0 fully saturated rings. The summed E-state index contributed by atoms with van der Waals surface area (Å²) in [6.45, 7) is 5.05. The van der Waals surface area contributed by atoms with Crippen molar-refractivity contribution >= 4 is 22.8 Å². The van der Waals surface area contributed by atoms with Crippen molar-refractivity contribution in [3.8, 4) is 0 Å². The third kappa shape index (κ3) is 2.86. The number of H-pyrrole nitrogens is 1. The van der Waals surface area contributed by atoms with Gasteiger partial charge in [-0.2, -0.15) is 15.1 Å². The van der Waals surface area contributed by atoms with Crippen LogP contribution >= 0.6 is 0 Å². The van der Waals surface area contributed by atoms with E-state index in [1.165, 1.54) is 0 Å². The molecule has 2 rings (SSSR count). The van der Waals surface area contributed by atoms with Crippen LogP contribution < -0.4 is 10.6 Å². The fraction of sp³-hybridized carbons (Fsp3) is 0.545. The molecule has 0 bridgehead atoms. The molecule has 0 spiro atoms. The molecule has 1 unspecified atom stereocenters. The van der Waals surface area contributed by atoms with Gasteiger partial charge in [0.15, 0.2) is 5.65 Å². The molecule has 0 saturated heterocycles. The molecule has 0 aliphatic rings. The highest BCUT2D eigenvalue weighted by molar-refractivity contribution is 5.86. The summed E-state index contributed by atoms with van der Waals surface area (Å²) in [6, 6.07) is 0. The molecule has 0 aromatic carbocycles. The molecular weight excluding hydrogens is 232 g/mol. The molecule has 2 aromatic heterocycles. The Morgan fingerprint density at radius 1 is 1.39 bits per heavy atom. The van der Waals surface area contributed by atoms with Crippen molar-refractivity contribution in [1.82, 2.24) is 20.2 Å². The van der Waals surface area contributed by atoms with Crippen molar-refractivity contribution in [3.05, 3.63) is 6.20 Å². The smallest absolute Gasteiger partial charge is 0.226 e. The second-order valence-corrected chi connectivity index (χ2v) is 4.18. The number of fused-ring (bicyclic) bond motifs is 1. The van der Waals surface area contributed by atoms with Crippen molar-refractivity contribution in [1.29, 1.82) is 0 Å². The predicted molar refractivity (Wildman–Crippen MR) is 70.6 cm³/mol. The zero-order valence-corrected chi connectivity index (χ0v) is 10.6. The van der Waals surface area contributed by atoms with Gasteiger partial charge in [0, 0.05) is 13.1 Å². The second-order valence-electron chi connectivity index (χ2n) is 4.18. The number of hydrogen-bond donors (Lipinski definition) is 4. The van der Waals surface area contributed by atoms with Gasteiger partial charge in [0.25, 0.3) is 0 Å². The van der Waals surface area contributed by atoms with Gasteiger partial charge in [-0.3, -0.25) is 5.10 Å². The van der Waals surface area contributed by atoms with Crippen molar-refractivity contribution in [3.63, 3.8) is 0 Å². The van der Waals surface area contributed by atoms with Crippen LogP contribution in [-0.2, 0) is 0 Å². The number of anilines is 2. The molecule has 1 atom stereocenters. The largest absolute Gasteiger partial charge is 0.392 e. The minimum atomic E-state index is -0.436. The Labute approximate surface area is 105 Å². The summed E-state index contributed by atoms with van der Waals surface area (Å²) in [6.07, 6.45) is 2.23. The fourth-order valence-electron chi connectivity index (χ4n) is 1.53. The minimum absolute atomic E-state index is 0.435. The molecule has 2 aromatic rings. The normalized spacial score (nSPS) is 12.6. The maximum atomic E-state index is 9.30. The number of aliphatic hydroxyl groups excluding tert-OH is 1. The lowest BCUT2D eigenvalue weighted by Crippen LogP contribution is -2.17. The van der Waals surface area contributed by atoms with E-state index in [0.29, 0.717) is 24.0 Å². The Kier molecular flexibility index (Phi) is 3.93. The zero-order chi connectivity index (χ0) is 13.0. The number of hydrogen-bond acceptors (Lipinski definition) is 6. The van der Waals surface area contributed by atoms with Crippen LogP contribution in [0.15, 0.2) is 6.20 Å². The van der Waals surface area contributed by atoms with Gasteiger partial charge < -0.3 is 15.7 Å². The van der Waals surface area contributed by atoms with Crippen molar-refractivity contribution in [2.24, 2.45) is 0 Å². The van der Waals surface area contributed by atoms with Crippen LogP contribution in [0.4, 0.5) is 11.8 Å². The Hall–Kier alpha value is -1.89. The fourth-order valence-corrected chi connectivity index (χ4v) is 1.53. The first-order chi connectivity index (χ1) is 8.70. The summed E-state index contributed by atoms with van der Waals surface area (Å²) in [4.78, 5) is 8.70. The summed E-state index contributed by atoms with van der Waals surface area (Å²) in [5, 5.41) is 23.1. The van der Waals surface area contributed by atoms with Crippen LogP contribution in [0.2, 0.25) is 0 Å². The molecular formula is C11H18N6O. The lowest BCUT2D eigenvalue weighted by Gasteiger charge is -2.10. The zero-order valence-electron chi connectivity index (χ0n) is 10.6. The number of rotatable bonds is 6. The number of nitrogens with one attached hydrogen (secondary N) is 3. The van der Waals surface area contributed by atoms with Crippen molar-refractivity contribution in [2.45, 2.75) is 26.4 Å². The van der Waals surface area contributed by atoms with Crippen LogP contribution in [0.1, 0.15) is 20.3 Å². The van der Waals surface area contributed by atoms with Gasteiger partial charge in [0.2, 0.25) is 5.95 Å². The number of aromatic nitrogens is 4. The summed E-state index contributed by atoms with van der Waals surface area (Å²) < 4.78 is 0. The van der Waals surface area contributed by atoms with E-state index in [2.05, 4.69) is 37.7 Å². The average Bonchev–Trinajstić information content (AvgIpc) is 2.81. The van der Waals surface area contributed by atoms with E-state index in [0.717, 1.165) is 18.4 Å². The summed E-state index contributed by atoms with van der Waals surface area (Å²) in [5.74, 6) is 1.23. The SMILES string of the molecule is CCCNc1nc(NCC(C)O)c2cn[nH]c2n1. The lowest BCUT2D eigenvalue weighted by atomic mass is 10.3. The van der Waals surface area contributed by atoms with Gasteiger partial charge in [-0.25, -0.2) is 0 Å². The van der Waals surface area contributed by atoms with E-state index in [1.54, 1.807) is 13.1 Å². The number of nitrogens with zero attached hydrogens (tertiary/aromatic N) is 3. The molecule has 7 heteroatoms. The number of aliphatic hydroxyl groups is 1. The summed E-state index contributed by atoms with van der Waals surface area (Å²) in [7, 11) is 0. The van der Waals surface area contributed by atoms with Gasteiger partial charge in [0.05, 0.1) is 17.7 Å². The molecule has 0 amide bonds. The standard InChI is InChI=1S/C11H18N6O/c1-3-4-12-11-15-9(13-5-7(2)18)8-6-14-17-10(8)16-11/h6-7,18H,3-5H2,1-2H3,(H3,12,13,14,15,16,17). The van der Waals surface area contributed by atoms with E-state index < -0.39 is 6.10 Å². The van der Waals surface area contributed by atoms with Crippen LogP contribution in [0.5, 0.6) is 0 Å². The maximum Gasteiger partial charge on any atom is 0.226 e. The molecule has 0 saturated carbocycles. The first-order valence-corrected chi connectivity index (χ1v) is 6.07. The summed E-state index contributed by atoms with van der Waals surface area (Å²) in [5.41, 5.74) is 0.677. The molecule has 18 heavy (non-hydrogen) atoms. The molecule has 98 valence electrons. The van der Waals surface area contributed by atoms with Gasteiger partial charge in [-0.15, -0.1) is 0 Å². The van der Waals surface area contributed by atoms with E-state index in [1.807, 2.05) is 0 Å². The van der Waals surface area contributed by atoms with Crippen LogP contribution in [0, 0.1) is 0 Å². The van der Waals surface area contributed by atoms with Crippen molar-refractivity contribution < 1.29 is 5.11 Å². The quantitative estimate of drug-likeness (QED) is 0.609. The molecule has 0 aliphatic heterocycles. The van der Waals surface area contributed by atoms with Gasteiger partial charge in [-0.05, 0) is 13.3 Å². The Balaban J connectivity index is 2.26. The van der Waals surface area contributed by atoms with E-state index in [4.69, 9.17) is 0 Å². The topological polar surface area (TPSA) is 98.8 Å². The third-order valence-electron chi connectivity index (χ3n) is 2.41. The predicted octanol–water partition coefficient (Wildman–Crippen LogP) is 0.967. The number of aromatic amines is 1. The molecule has 0 radical (unpaired) electrons. The highest BCUT2D eigenvalue weighted by atomic mass is 16.3. The molecule has 0 aliphatic carbocycles. The van der Waals surface area contributed by atoms with Gasteiger partial charge in [-0.1, -0.05) is 6.92 Å². The van der Waals surface area contributed by atoms with Gasteiger partial charge in [0.1, 0.15) is 5.82 Å². The average molecular weight is 250 g/mol. The van der Waals surface area contributed by atoms with Crippen LogP contribution in [-0.4, -0.2) is 44.5 Å². The Morgan fingerprint density at radius 2 is 2.22 bits per heavy atom. The van der Waals surface area contributed by atoms with Crippen LogP contribution in [0.25, 0.3) is 11.0 Å². The first kappa shape index (κ1) is 12.6. The van der Waals surface area contributed by atoms with E-state index in [9.17, 15) is 5.11 Å². The second kappa shape index (κ2) is 5.63. The van der Waals surface area contributed by atoms with E-state index >= 15 is 0 Å². The lowest BCUT2D eigenvalue weighted by molar-refractivity contribution is 0.208. The Morgan fingerprint density at radius 3 is 2.94 bits per heavy atom. The highest BCUT2D eigenvalue weighted by Gasteiger charge is 2.09. The summed E-state index contributed by atoms with van der Waals surface area (Å²) >= 11 is 0. The molecule has 2 heterocycles. The molecule has 4 N–H and O–H groups in total. The van der Waals surface area contributed by atoms with Crippen molar-refractivity contribution in [2.75, 3.05) is 23.7 Å². The third-order valence-corrected chi connectivity index (χ3v) is 2.41. The van der Waals surface area contributed by atoms with Crippen LogP contribution in [0.3, 0.4) is 0 Å². The maximum absolute atomic E-state index is 9.30.